The van der Waals surface area contributed by atoms with E-state index in [1.807, 2.05) is 13.0 Å². The predicted molar refractivity (Wildman–Crippen MR) is 102 cm³/mol. The van der Waals surface area contributed by atoms with Gasteiger partial charge >= 0.3 is 0 Å². The highest BCUT2D eigenvalue weighted by Gasteiger charge is 2.31. The Kier molecular flexibility index (Phi) is 4.58. The number of rotatable bonds is 3. The molecule has 0 saturated carbocycles. The molecule has 0 bridgehead atoms. The normalized spacial score (nSPS) is 15.9. The molecule has 0 fully saturated rings. The highest BCUT2D eigenvalue weighted by atomic mass is 35.5. The molecule has 1 aliphatic heterocycles. The lowest BCUT2D eigenvalue weighted by Crippen LogP contribution is -2.12. The van der Waals surface area contributed by atoms with Crippen molar-refractivity contribution in [3.05, 3.63) is 64.2 Å². The number of halogens is 1. The number of methoxy groups -OCH3 is 1. The van der Waals surface area contributed by atoms with E-state index in [-0.39, 0.29) is 10.7 Å². The highest BCUT2D eigenvalue weighted by molar-refractivity contribution is 8.00. The average Bonchev–Trinajstić information content (AvgIpc) is 2.80. The minimum atomic E-state index is -3.76. The molecule has 2 aromatic rings. The van der Waals surface area contributed by atoms with E-state index < -0.39 is 10.0 Å². The second-order valence-corrected chi connectivity index (χ2v) is 7.61. The van der Waals surface area contributed by atoms with E-state index in [4.69, 9.17) is 16.3 Å². The molecular weight excluding hydrogens is 360 g/mol. The van der Waals surface area contributed by atoms with Crippen molar-refractivity contribution in [2.24, 2.45) is 4.40 Å². The first kappa shape index (κ1) is 17.5. The monoisotopic (exact) mass is 376 g/mol. The number of benzene rings is 2. The molecule has 0 saturated heterocycles. The maximum Gasteiger partial charge on any atom is 0.285 e. The minimum absolute atomic E-state index is 0.209. The van der Waals surface area contributed by atoms with Crippen LogP contribution in [-0.4, -0.2) is 21.4 Å². The van der Waals surface area contributed by atoms with Gasteiger partial charge in [0, 0.05) is 16.7 Å². The summed E-state index contributed by atoms with van der Waals surface area (Å²) < 4.78 is 34.2. The molecule has 3 rings (SSSR count). The third-order valence-corrected chi connectivity index (χ3v) is 5.82. The number of sulfonamides is 1. The summed E-state index contributed by atoms with van der Waals surface area (Å²) >= 11 is 6.12. The molecule has 0 spiro atoms. The number of anilines is 1. The number of hydrogen-bond acceptors (Lipinski definition) is 4. The second-order valence-electron chi connectivity index (χ2n) is 5.66. The van der Waals surface area contributed by atoms with Crippen molar-refractivity contribution in [3.8, 4) is 5.75 Å². The lowest BCUT2D eigenvalue weighted by atomic mass is 10.1. The van der Waals surface area contributed by atoms with Crippen molar-refractivity contribution in [2.75, 3.05) is 12.4 Å². The Balaban J connectivity index is 2.05. The Hall–Kier alpha value is -2.31. The zero-order valence-corrected chi connectivity index (χ0v) is 15.6. The van der Waals surface area contributed by atoms with Crippen molar-refractivity contribution in [2.45, 2.75) is 13.8 Å². The van der Waals surface area contributed by atoms with Gasteiger partial charge in [0.15, 0.2) is 0 Å². The molecule has 1 N–H and O–H groups in total. The predicted octanol–water partition coefficient (Wildman–Crippen LogP) is 4.24. The van der Waals surface area contributed by atoms with Gasteiger partial charge in [-0.1, -0.05) is 41.9 Å². The topological polar surface area (TPSA) is 67.8 Å². The van der Waals surface area contributed by atoms with Crippen LogP contribution in [0.5, 0.6) is 5.75 Å². The van der Waals surface area contributed by atoms with E-state index in [9.17, 15) is 8.42 Å². The molecule has 25 heavy (non-hydrogen) atoms. The zero-order chi connectivity index (χ0) is 18.2. The summed E-state index contributed by atoms with van der Waals surface area (Å²) in [6.07, 6.45) is 0. The van der Waals surface area contributed by atoms with Gasteiger partial charge in [-0.2, -0.15) is 8.42 Å². The van der Waals surface area contributed by atoms with Crippen LogP contribution in [-0.2, 0) is 10.0 Å². The number of amidine groups is 1. The lowest BCUT2D eigenvalue weighted by Gasteiger charge is -2.13. The molecule has 5 nitrogen and oxygen atoms in total. The molecule has 0 aliphatic carbocycles. The molecule has 130 valence electrons. The molecule has 1 heterocycles. The summed E-state index contributed by atoms with van der Waals surface area (Å²) in [6.45, 7) is 3.59. The van der Waals surface area contributed by atoms with Gasteiger partial charge < -0.3 is 10.1 Å². The fraction of sp³-hybridized carbons (Fsp3) is 0.167. The Morgan fingerprint density at radius 1 is 1.12 bits per heavy atom. The smallest absolute Gasteiger partial charge is 0.285 e. The van der Waals surface area contributed by atoms with Gasteiger partial charge in [0.25, 0.3) is 10.0 Å². The van der Waals surface area contributed by atoms with Crippen LogP contribution in [0.2, 0.25) is 5.02 Å². The van der Waals surface area contributed by atoms with Crippen LogP contribution in [0.4, 0.5) is 5.69 Å². The number of hydrogen-bond donors (Lipinski definition) is 1. The highest BCUT2D eigenvalue weighted by Crippen LogP contribution is 2.35. The number of aryl methyl sites for hydroxylation is 1. The van der Waals surface area contributed by atoms with Crippen LogP contribution >= 0.6 is 11.6 Å². The lowest BCUT2D eigenvalue weighted by molar-refractivity contribution is 0.417. The van der Waals surface area contributed by atoms with Crippen LogP contribution in [0.3, 0.4) is 0 Å². The van der Waals surface area contributed by atoms with Gasteiger partial charge in [0.05, 0.1) is 12.8 Å². The Labute approximate surface area is 152 Å². The van der Waals surface area contributed by atoms with Crippen molar-refractivity contribution >= 4 is 38.1 Å². The van der Waals surface area contributed by atoms with Gasteiger partial charge in [0.1, 0.15) is 16.5 Å². The molecule has 0 amide bonds. The Morgan fingerprint density at radius 2 is 1.80 bits per heavy atom. The van der Waals surface area contributed by atoms with E-state index in [0.717, 1.165) is 5.56 Å². The SMILES string of the molecule is COc1cc(Cl)c(C)cc1NC1=NS(=O)(=O)C(c2ccccc2)=C1C. The van der Waals surface area contributed by atoms with Gasteiger partial charge in [-0.25, -0.2) is 0 Å². The van der Waals surface area contributed by atoms with Crippen LogP contribution in [0.25, 0.3) is 4.91 Å². The average molecular weight is 377 g/mol. The molecule has 7 heteroatoms. The van der Waals surface area contributed by atoms with Gasteiger partial charge in [0.2, 0.25) is 0 Å². The summed E-state index contributed by atoms with van der Waals surface area (Å²) in [6, 6.07) is 12.4. The summed E-state index contributed by atoms with van der Waals surface area (Å²) in [7, 11) is -2.23. The van der Waals surface area contributed by atoms with Gasteiger partial charge in [-0.3, -0.25) is 0 Å². The second kappa shape index (κ2) is 6.54. The molecule has 0 atom stereocenters. The summed E-state index contributed by atoms with van der Waals surface area (Å²) in [5.41, 5.74) is 2.61. The molecule has 2 aromatic carbocycles. The van der Waals surface area contributed by atoms with E-state index in [1.54, 1.807) is 43.3 Å². The molecular formula is C18H17ClN2O3S. The van der Waals surface area contributed by atoms with E-state index in [0.29, 0.717) is 27.6 Å². The van der Waals surface area contributed by atoms with Crippen LogP contribution in [0.15, 0.2) is 52.4 Å². The zero-order valence-electron chi connectivity index (χ0n) is 14.0. The largest absolute Gasteiger partial charge is 0.495 e. The molecule has 0 radical (unpaired) electrons. The quantitative estimate of drug-likeness (QED) is 0.869. The fourth-order valence-electron chi connectivity index (χ4n) is 2.66. The molecule has 1 aliphatic rings. The van der Waals surface area contributed by atoms with Crippen LogP contribution < -0.4 is 10.1 Å². The first-order valence-electron chi connectivity index (χ1n) is 7.56. The van der Waals surface area contributed by atoms with Crippen LogP contribution in [0.1, 0.15) is 18.1 Å². The molecule has 0 aromatic heterocycles. The minimum Gasteiger partial charge on any atom is -0.495 e. The summed E-state index contributed by atoms with van der Waals surface area (Å²) in [4.78, 5) is 0.209. The van der Waals surface area contributed by atoms with Gasteiger partial charge in [-0.05, 0) is 31.0 Å². The molecule has 0 unspecified atom stereocenters. The van der Waals surface area contributed by atoms with Crippen molar-refractivity contribution < 1.29 is 13.2 Å². The first-order chi connectivity index (χ1) is 11.8. The summed E-state index contributed by atoms with van der Waals surface area (Å²) in [5, 5.41) is 3.63. The fourth-order valence-corrected chi connectivity index (χ4v) is 4.25. The van der Waals surface area contributed by atoms with E-state index >= 15 is 0 Å². The maximum absolute atomic E-state index is 12.5. The van der Waals surface area contributed by atoms with Crippen molar-refractivity contribution in [1.82, 2.24) is 0 Å². The van der Waals surface area contributed by atoms with Gasteiger partial charge in [-0.15, -0.1) is 4.40 Å². The number of nitrogens with one attached hydrogen (secondary N) is 1. The van der Waals surface area contributed by atoms with Crippen molar-refractivity contribution in [3.63, 3.8) is 0 Å². The van der Waals surface area contributed by atoms with Crippen molar-refractivity contribution in [1.29, 1.82) is 0 Å². The third-order valence-electron chi connectivity index (χ3n) is 3.94. The van der Waals surface area contributed by atoms with Crippen LogP contribution in [0, 0.1) is 6.92 Å². The Bertz CT molecular complexity index is 996. The standard InChI is InChI=1S/C18H17ClN2O3S/c1-11-9-15(16(24-3)10-14(11)19)20-18-12(2)17(25(22,23)21-18)13-7-5-4-6-8-13/h4-10H,1-3H3,(H,20,21). The Morgan fingerprint density at radius 3 is 2.44 bits per heavy atom. The van der Waals surface area contributed by atoms with E-state index in [2.05, 4.69) is 9.71 Å². The third kappa shape index (κ3) is 3.27. The summed E-state index contributed by atoms with van der Waals surface area (Å²) in [5.74, 6) is 0.788. The number of ether oxygens (including phenoxy) is 1. The van der Waals surface area contributed by atoms with E-state index in [1.165, 1.54) is 7.11 Å². The first-order valence-corrected chi connectivity index (χ1v) is 9.38. The number of nitrogens with zero attached hydrogens (tertiary/aromatic N) is 1. The maximum atomic E-state index is 12.5.